The zero-order valence-electron chi connectivity index (χ0n) is 16.4. The molecule has 0 aliphatic heterocycles. The number of fused-ring (bicyclic) bond motifs is 1. The van der Waals surface area contributed by atoms with Crippen LogP contribution in [-0.4, -0.2) is 55.8 Å². The molecule has 0 N–H and O–H groups in total. The molecule has 1 amide bonds. The van der Waals surface area contributed by atoms with Gasteiger partial charge in [-0.1, -0.05) is 29.5 Å². The number of hydrogen-bond donors (Lipinski definition) is 0. The lowest BCUT2D eigenvalue weighted by atomic mass is 10.3. The van der Waals surface area contributed by atoms with Crippen molar-refractivity contribution < 1.29 is 9.53 Å². The van der Waals surface area contributed by atoms with E-state index in [4.69, 9.17) is 9.72 Å². The van der Waals surface area contributed by atoms with Crippen molar-refractivity contribution in [1.82, 2.24) is 9.88 Å². The van der Waals surface area contributed by atoms with Crippen LogP contribution in [0.25, 0.3) is 10.2 Å². The third-order valence-corrected chi connectivity index (χ3v) is 6.25. The van der Waals surface area contributed by atoms with Gasteiger partial charge in [0.2, 0.25) is 5.91 Å². The molecule has 0 saturated carbocycles. The predicted octanol–water partition coefficient (Wildman–Crippen LogP) is 4.38. The summed E-state index contributed by atoms with van der Waals surface area (Å²) in [6, 6.07) is 15.8. The largest absolute Gasteiger partial charge is 0.497 e. The monoisotopic (exact) mass is 415 g/mol. The zero-order valence-corrected chi connectivity index (χ0v) is 18.1. The number of thiazole rings is 1. The molecule has 0 atom stereocenters. The first-order valence-electron chi connectivity index (χ1n) is 9.14. The summed E-state index contributed by atoms with van der Waals surface area (Å²) in [5, 5.41) is 0.751. The Kier molecular flexibility index (Phi) is 7.30. The van der Waals surface area contributed by atoms with Gasteiger partial charge >= 0.3 is 0 Å². The summed E-state index contributed by atoms with van der Waals surface area (Å²) < 4.78 is 6.33. The number of nitrogens with zero attached hydrogens (tertiary/aromatic N) is 3. The number of methoxy groups -OCH3 is 1. The van der Waals surface area contributed by atoms with Gasteiger partial charge < -0.3 is 9.64 Å². The van der Waals surface area contributed by atoms with Crippen LogP contribution in [0, 0.1) is 0 Å². The number of hydrogen-bond acceptors (Lipinski definition) is 6. The van der Waals surface area contributed by atoms with E-state index in [2.05, 4.69) is 4.90 Å². The maximum atomic E-state index is 13.0. The minimum Gasteiger partial charge on any atom is -0.497 e. The number of amides is 1. The minimum absolute atomic E-state index is 0.0821. The van der Waals surface area contributed by atoms with Gasteiger partial charge in [0.15, 0.2) is 5.13 Å². The first-order chi connectivity index (χ1) is 13.6. The lowest BCUT2D eigenvalue weighted by Crippen LogP contribution is -2.34. The van der Waals surface area contributed by atoms with Gasteiger partial charge in [0.1, 0.15) is 5.75 Å². The third kappa shape index (κ3) is 5.47. The minimum atomic E-state index is 0.0821. The van der Waals surface area contributed by atoms with Crippen LogP contribution >= 0.6 is 23.1 Å². The lowest BCUT2D eigenvalue weighted by molar-refractivity contribution is -0.116. The molecule has 0 bridgehead atoms. The van der Waals surface area contributed by atoms with Crippen LogP contribution in [0.3, 0.4) is 0 Å². The lowest BCUT2D eigenvalue weighted by Gasteiger charge is -2.21. The second-order valence-electron chi connectivity index (χ2n) is 6.63. The summed E-state index contributed by atoms with van der Waals surface area (Å²) >= 11 is 3.09. The Morgan fingerprint density at radius 2 is 1.93 bits per heavy atom. The molecule has 148 valence electrons. The molecule has 1 aromatic heterocycles. The predicted molar refractivity (Wildman–Crippen MR) is 119 cm³/mol. The molecule has 5 nitrogen and oxygen atoms in total. The number of anilines is 1. The van der Waals surface area contributed by atoms with Crippen LogP contribution in [0.4, 0.5) is 5.13 Å². The molecule has 3 aromatic rings. The van der Waals surface area contributed by atoms with E-state index in [1.807, 2.05) is 67.5 Å². The number of benzene rings is 2. The molecular weight excluding hydrogens is 390 g/mol. The van der Waals surface area contributed by atoms with Crippen molar-refractivity contribution in [2.24, 2.45) is 0 Å². The molecule has 2 aromatic carbocycles. The molecule has 3 rings (SSSR count). The van der Waals surface area contributed by atoms with E-state index in [9.17, 15) is 4.79 Å². The van der Waals surface area contributed by atoms with E-state index in [-0.39, 0.29) is 5.91 Å². The Labute approximate surface area is 174 Å². The average molecular weight is 416 g/mol. The fourth-order valence-electron chi connectivity index (χ4n) is 2.75. The Bertz CT molecular complexity index is 912. The van der Waals surface area contributed by atoms with Gasteiger partial charge in [0.25, 0.3) is 0 Å². The Morgan fingerprint density at radius 1 is 1.14 bits per heavy atom. The van der Waals surface area contributed by atoms with Crippen LogP contribution in [-0.2, 0) is 4.79 Å². The Morgan fingerprint density at radius 3 is 2.64 bits per heavy atom. The zero-order chi connectivity index (χ0) is 19.9. The van der Waals surface area contributed by atoms with E-state index in [0.29, 0.717) is 12.3 Å². The summed E-state index contributed by atoms with van der Waals surface area (Å²) in [5.41, 5.74) is 0.891. The van der Waals surface area contributed by atoms with E-state index >= 15 is 0 Å². The third-order valence-electron chi connectivity index (χ3n) is 4.21. The molecular formula is C21H25N3O2S2. The molecule has 0 radical (unpaired) electrons. The Hall–Kier alpha value is -2.09. The molecule has 0 saturated heterocycles. The van der Waals surface area contributed by atoms with Crippen molar-refractivity contribution in [3.8, 4) is 5.75 Å². The van der Waals surface area contributed by atoms with Crippen molar-refractivity contribution >= 4 is 44.4 Å². The van der Waals surface area contributed by atoms with Crippen molar-refractivity contribution in [2.45, 2.75) is 11.3 Å². The molecule has 0 aliphatic carbocycles. The molecule has 0 spiro atoms. The molecule has 0 aliphatic rings. The summed E-state index contributed by atoms with van der Waals surface area (Å²) in [7, 11) is 5.74. The van der Waals surface area contributed by atoms with Gasteiger partial charge in [0, 0.05) is 11.4 Å². The number of carbonyl (C=O) groups excluding carboxylic acids is 1. The highest BCUT2D eigenvalue weighted by molar-refractivity contribution is 8.00. The first kappa shape index (κ1) is 20.6. The van der Waals surface area contributed by atoms with Crippen LogP contribution in [0.5, 0.6) is 5.75 Å². The van der Waals surface area contributed by atoms with Crippen LogP contribution in [0.15, 0.2) is 53.4 Å². The van der Waals surface area contributed by atoms with Gasteiger partial charge in [-0.15, -0.1) is 11.8 Å². The fourth-order valence-corrected chi connectivity index (χ4v) is 4.58. The summed E-state index contributed by atoms with van der Waals surface area (Å²) in [6.07, 6.45) is 0.897. The van der Waals surface area contributed by atoms with Crippen LogP contribution in [0.2, 0.25) is 0 Å². The number of ether oxygens (including phenoxy) is 1. The molecule has 7 heteroatoms. The number of rotatable bonds is 9. The average Bonchev–Trinajstić information content (AvgIpc) is 3.12. The highest BCUT2D eigenvalue weighted by Gasteiger charge is 2.20. The van der Waals surface area contributed by atoms with E-state index in [1.54, 1.807) is 18.9 Å². The standard InChI is InChI=1S/C21H25N3O2S2/c1-23(2)12-7-13-24(20(25)15-27-17-8-5-4-6-9-17)21-22-18-11-10-16(26-3)14-19(18)28-21/h4-6,8-11,14H,7,12-13,15H2,1-3H3. The van der Waals surface area contributed by atoms with E-state index in [0.717, 1.165) is 39.0 Å². The van der Waals surface area contributed by atoms with E-state index < -0.39 is 0 Å². The highest BCUT2D eigenvalue weighted by atomic mass is 32.2. The maximum absolute atomic E-state index is 13.0. The van der Waals surface area contributed by atoms with Crippen molar-refractivity contribution in [3.05, 3.63) is 48.5 Å². The molecule has 28 heavy (non-hydrogen) atoms. The van der Waals surface area contributed by atoms with Crippen molar-refractivity contribution in [2.75, 3.05) is 44.9 Å². The maximum Gasteiger partial charge on any atom is 0.239 e. The molecule has 1 heterocycles. The second kappa shape index (κ2) is 9.91. The van der Waals surface area contributed by atoms with Gasteiger partial charge in [-0.3, -0.25) is 9.69 Å². The van der Waals surface area contributed by atoms with Gasteiger partial charge in [-0.05, 0) is 57.4 Å². The highest BCUT2D eigenvalue weighted by Crippen LogP contribution is 2.32. The second-order valence-corrected chi connectivity index (χ2v) is 8.69. The smallest absolute Gasteiger partial charge is 0.239 e. The first-order valence-corrected chi connectivity index (χ1v) is 10.9. The van der Waals surface area contributed by atoms with E-state index in [1.165, 1.54) is 11.3 Å². The van der Waals surface area contributed by atoms with Gasteiger partial charge in [0.05, 0.1) is 23.1 Å². The fraction of sp³-hybridized carbons (Fsp3) is 0.333. The van der Waals surface area contributed by atoms with Gasteiger partial charge in [-0.2, -0.15) is 0 Å². The SMILES string of the molecule is COc1ccc2nc(N(CCCN(C)C)C(=O)CSc3ccccc3)sc2c1. The number of carbonyl (C=O) groups is 1. The quantitative estimate of drug-likeness (QED) is 0.485. The summed E-state index contributed by atoms with van der Waals surface area (Å²) in [4.78, 5) is 22.8. The van der Waals surface area contributed by atoms with Crippen molar-refractivity contribution in [3.63, 3.8) is 0 Å². The van der Waals surface area contributed by atoms with Crippen LogP contribution in [0.1, 0.15) is 6.42 Å². The normalized spacial score (nSPS) is 11.1. The Balaban J connectivity index is 1.78. The molecule has 0 fully saturated rings. The van der Waals surface area contributed by atoms with Crippen molar-refractivity contribution in [1.29, 1.82) is 0 Å². The summed E-state index contributed by atoms with van der Waals surface area (Å²) in [6.45, 7) is 1.58. The topological polar surface area (TPSA) is 45.7 Å². The molecule has 0 unspecified atom stereocenters. The van der Waals surface area contributed by atoms with Crippen LogP contribution < -0.4 is 9.64 Å². The number of aromatic nitrogens is 1. The summed E-state index contributed by atoms with van der Waals surface area (Å²) in [5.74, 6) is 1.28. The number of thioether (sulfide) groups is 1. The van der Waals surface area contributed by atoms with Gasteiger partial charge in [-0.25, -0.2) is 4.98 Å².